The quantitative estimate of drug-likeness (QED) is 0.456. The molecule has 1 aromatic rings. The number of anilines is 1. The number of hydrogen-bond acceptors (Lipinski definition) is 8. The van der Waals surface area contributed by atoms with Gasteiger partial charge in [-0.25, -0.2) is 0 Å². The number of aromatic nitrogens is 2. The van der Waals surface area contributed by atoms with Crippen LogP contribution in [0.2, 0.25) is 0 Å². The standard InChI is InChI=1S/C23H40N4O5/c1-28-11-12-30-14-13-29-9-2-10-32-23-22(24)15-26(25-23)18-3-5-19(6-4-18)27-20-7-8-21(27)17-31-16-20/h15,18-21H,2-14,16-17,24H2,1H3/t18-,19-,20?,21?. The molecule has 2 unspecified atom stereocenters. The second kappa shape index (κ2) is 12.2. The maximum absolute atomic E-state index is 6.17. The van der Waals surface area contributed by atoms with Gasteiger partial charge in [0.05, 0.1) is 58.5 Å². The number of ether oxygens (including phenoxy) is 5. The minimum Gasteiger partial charge on any atom is -0.475 e. The van der Waals surface area contributed by atoms with Gasteiger partial charge >= 0.3 is 0 Å². The van der Waals surface area contributed by atoms with Crippen molar-refractivity contribution in [2.75, 3.05) is 65.7 Å². The van der Waals surface area contributed by atoms with Gasteiger partial charge in [-0.05, 0) is 38.5 Å². The predicted octanol–water partition coefficient (Wildman–Crippen LogP) is 2.26. The van der Waals surface area contributed by atoms with Gasteiger partial charge in [0, 0.05) is 38.3 Å². The Morgan fingerprint density at radius 1 is 0.875 bits per heavy atom. The number of hydrogen-bond donors (Lipinski definition) is 1. The van der Waals surface area contributed by atoms with E-state index in [1.807, 2.05) is 10.9 Å². The molecule has 1 saturated carbocycles. The van der Waals surface area contributed by atoms with Crippen molar-refractivity contribution in [3.8, 4) is 5.88 Å². The average Bonchev–Trinajstić information content (AvgIpc) is 3.30. The lowest BCUT2D eigenvalue weighted by atomic mass is 9.89. The van der Waals surface area contributed by atoms with Crippen LogP contribution in [0.5, 0.6) is 5.88 Å². The van der Waals surface area contributed by atoms with E-state index in [1.54, 1.807) is 7.11 Å². The SMILES string of the molecule is COCCOCCOCCCOc1nn([C@H]2CC[C@H](N3C4CCC3COC4)CC2)cc1N. The van der Waals surface area contributed by atoms with Gasteiger partial charge < -0.3 is 29.4 Å². The van der Waals surface area contributed by atoms with Crippen molar-refractivity contribution < 1.29 is 23.7 Å². The van der Waals surface area contributed by atoms with Gasteiger partial charge in [-0.2, -0.15) is 0 Å². The predicted molar refractivity (Wildman–Crippen MR) is 121 cm³/mol. The van der Waals surface area contributed by atoms with E-state index >= 15 is 0 Å². The van der Waals surface area contributed by atoms with Gasteiger partial charge in [0.15, 0.2) is 0 Å². The molecule has 182 valence electrons. The van der Waals surface area contributed by atoms with Crippen LogP contribution in [0.15, 0.2) is 6.20 Å². The number of nitrogen functional groups attached to an aromatic ring is 1. The minimum atomic E-state index is 0.408. The molecule has 9 nitrogen and oxygen atoms in total. The largest absolute Gasteiger partial charge is 0.475 e. The van der Waals surface area contributed by atoms with Crippen LogP contribution >= 0.6 is 0 Å². The molecule has 3 aliphatic rings. The molecule has 0 radical (unpaired) electrons. The Hall–Kier alpha value is -1.39. The van der Waals surface area contributed by atoms with Crippen molar-refractivity contribution in [1.82, 2.24) is 14.7 Å². The summed E-state index contributed by atoms with van der Waals surface area (Å²) in [6.07, 6.45) is 10.1. The highest BCUT2D eigenvalue weighted by atomic mass is 16.5. The molecular formula is C23H40N4O5. The van der Waals surface area contributed by atoms with Crippen LogP contribution in [0.3, 0.4) is 0 Å². The molecule has 32 heavy (non-hydrogen) atoms. The van der Waals surface area contributed by atoms with Crippen molar-refractivity contribution in [1.29, 1.82) is 0 Å². The summed E-state index contributed by atoms with van der Waals surface area (Å²) < 4.78 is 29.4. The number of nitrogens with two attached hydrogens (primary N) is 1. The molecule has 0 amide bonds. The molecular weight excluding hydrogens is 412 g/mol. The first-order valence-electron chi connectivity index (χ1n) is 12.2. The van der Waals surface area contributed by atoms with Gasteiger partial charge in [-0.1, -0.05) is 0 Å². The summed E-state index contributed by atoms with van der Waals surface area (Å²) in [5.74, 6) is 0.543. The van der Waals surface area contributed by atoms with Crippen molar-refractivity contribution >= 4 is 5.69 Å². The van der Waals surface area contributed by atoms with Crippen molar-refractivity contribution in [2.24, 2.45) is 0 Å². The van der Waals surface area contributed by atoms with E-state index in [4.69, 9.17) is 29.4 Å². The van der Waals surface area contributed by atoms with Crippen molar-refractivity contribution in [3.05, 3.63) is 6.20 Å². The van der Waals surface area contributed by atoms with Crippen LogP contribution in [-0.4, -0.2) is 92.8 Å². The molecule has 1 aliphatic carbocycles. The summed E-state index contributed by atoms with van der Waals surface area (Å²) in [4.78, 5) is 2.78. The first-order chi connectivity index (χ1) is 15.8. The summed E-state index contributed by atoms with van der Waals surface area (Å²) in [6.45, 7) is 5.37. The van der Waals surface area contributed by atoms with Crippen LogP contribution in [-0.2, 0) is 18.9 Å². The summed E-state index contributed by atoms with van der Waals surface area (Å²) in [6, 6.07) is 2.39. The molecule has 3 heterocycles. The number of morpholine rings is 1. The van der Waals surface area contributed by atoms with Gasteiger partial charge in [-0.15, -0.1) is 5.10 Å². The van der Waals surface area contributed by atoms with Crippen LogP contribution in [0.1, 0.15) is 51.0 Å². The molecule has 2 aliphatic heterocycles. The van der Waals surface area contributed by atoms with Gasteiger partial charge in [-0.3, -0.25) is 9.58 Å². The third-order valence-corrected chi connectivity index (χ3v) is 6.96. The lowest BCUT2D eigenvalue weighted by molar-refractivity contribution is -0.0458. The van der Waals surface area contributed by atoms with Gasteiger partial charge in [0.2, 0.25) is 0 Å². The average molecular weight is 453 g/mol. The summed E-state index contributed by atoms with van der Waals surface area (Å²) in [5, 5.41) is 4.65. The molecule has 9 heteroatoms. The third kappa shape index (κ3) is 6.14. The Morgan fingerprint density at radius 3 is 2.22 bits per heavy atom. The van der Waals surface area contributed by atoms with E-state index in [1.165, 1.54) is 25.7 Å². The fourth-order valence-corrected chi connectivity index (χ4v) is 5.36. The molecule has 0 aromatic carbocycles. The first kappa shape index (κ1) is 23.8. The molecule has 1 aromatic heterocycles. The Kier molecular flexibility index (Phi) is 9.04. The second-order valence-corrected chi connectivity index (χ2v) is 9.12. The highest BCUT2D eigenvalue weighted by Crippen LogP contribution is 2.38. The fourth-order valence-electron chi connectivity index (χ4n) is 5.36. The fraction of sp³-hybridized carbons (Fsp3) is 0.870. The maximum atomic E-state index is 6.17. The number of nitrogens with zero attached hydrogens (tertiary/aromatic N) is 3. The molecule has 4 rings (SSSR count). The zero-order valence-electron chi connectivity index (χ0n) is 19.5. The van der Waals surface area contributed by atoms with E-state index in [0.29, 0.717) is 75.4 Å². The normalized spacial score (nSPS) is 28.3. The molecule has 2 atom stereocenters. The highest BCUT2D eigenvalue weighted by molar-refractivity contribution is 5.46. The van der Waals surface area contributed by atoms with E-state index < -0.39 is 0 Å². The maximum Gasteiger partial charge on any atom is 0.256 e. The number of methoxy groups -OCH3 is 1. The lowest BCUT2D eigenvalue weighted by Gasteiger charge is -2.43. The Morgan fingerprint density at radius 2 is 1.50 bits per heavy atom. The van der Waals surface area contributed by atoms with Crippen LogP contribution in [0.4, 0.5) is 5.69 Å². The zero-order valence-corrected chi connectivity index (χ0v) is 19.5. The Bertz CT molecular complexity index is 663. The van der Waals surface area contributed by atoms with E-state index in [2.05, 4.69) is 10.00 Å². The zero-order chi connectivity index (χ0) is 22.2. The van der Waals surface area contributed by atoms with E-state index in [9.17, 15) is 0 Å². The Labute approximate surface area is 191 Å². The second-order valence-electron chi connectivity index (χ2n) is 9.12. The number of fused-ring (bicyclic) bond motifs is 2. The monoisotopic (exact) mass is 452 g/mol. The molecule has 3 fully saturated rings. The van der Waals surface area contributed by atoms with Gasteiger partial charge in [0.25, 0.3) is 5.88 Å². The van der Waals surface area contributed by atoms with Crippen LogP contribution < -0.4 is 10.5 Å². The van der Waals surface area contributed by atoms with Crippen LogP contribution in [0.25, 0.3) is 0 Å². The molecule has 0 spiro atoms. The summed E-state index contributed by atoms with van der Waals surface area (Å²) in [5.41, 5.74) is 6.79. The first-order valence-corrected chi connectivity index (χ1v) is 12.2. The number of rotatable bonds is 13. The Balaban J connectivity index is 1.13. The van der Waals surface area contributed by atoms with Crippen LogP contribution in [0, 0.1) is 0 Å². The molecule has 2 bridgehead atoms. The van der Waals surface area contributed by atoms with Gasteiger partial charge in [0.1, 0.15) is 5.69 Å². The van der Waals surface area contributed by atoms with Crippen molar-refractivity contribution in [3.63, 3.8) is 0 Å². The van der Waals surface area contributed by atoms with E-state index in [0.717, 1.165) is 32.5 Å². The highest BCUT2D eigenvalue weighted by Gasteiger charge is 2.42. The summed E-state index contributed by atoms with van der Waals surface area (Å²) in [7, 11) is 1.66. The minimum absolute atomic E-state index is 0.408. The lowest BCUT2D eigenvalue weighted by Crippen LogP contribution is -2.52. The molecule has 2 N–H and O–H groups in total. The smallest absolute Gasteiger partial charge is 0.256 e. The summed E-state index contributed by atoms with van der Waals surface area (Å²) >= 11 is 0. The third-order valence-electron chi connectivity index (χ3n) is 6.96. The topological polar surface area (TPSA) is 93.2 Å². The van der Waals surface area contributed by atoms with Crippen molar-refractivity contribution in [2.45, 2.75) is 69.1 Å². The molecule has 2 saturated heterocycles. The van der Waals surface area contributed by atoms with E-state index in [-0.39, 0.29) is 0 Å².